The molecule has 0 saturated heterocycles. The second-order valence-electron chi connectivity index (χ2n) is 4.41. The zero-order valence-electron chi connectivity index (χ0n) is 11.7. The van der Waals surface area contributed by atoms with Crippen molar-refractivity contribution in [3.63, 3.8) is 0 Å². The number of rotatable bonds is 7. The van der Waals surface area contributed by atoms with Crippen LogP contribution >= 0.6 is 19.9 Å². The number of nitrogens with zero attached hydrogens (tertiary/aromatic N) is 2. The molecule has 6 nitrogen and oxygen atoms in total. The summed E-state index contributed by atoms with van der Waals surface area (Å²) < 4.78 is 28.1. The highest BCUT2D eigenvalue weighted by molar-refractivity contribution is 7.98. The Labute approximate surface area is 118 Å². The molecule has 108 valence electrons. The Morgan fingerprint density at radius 2 is 1.74 bits per heavy atom. The van der Waals surface area contributed by atoms with Crippen molar-refractivity contribution in [2.75, 3.05) is 0 Å². The van der Waals surface area contributed by atoms with Gasteiger partial charge in [-0.3, -0.25) is 9.05 Å². The number of phosphoric ester groups is 1. The lowest BCUT2D eigenvalue weighted by Gasteiger charge is -2.20. The molecule has 0 fully saturated rings. The molecule has 0 radical (unpaired) electrons. The highest BCUT2D eigenvalue weighted by Crippen LogP contribution is 2.55. The van der Waals surface area contributed by atoms with Crippen LogP contribution in [0.25, 0.3) is 0 Å². The lowest BCUT2D eigenvalue weighted by molar-refractivity contribution is 0.108. The van der Waals surface area contributed by atoms with Gasteiger partial charge in [-0.25, -0.2) is 18.5 Å². The molecule has 0 aliphatic heterocycles. The van der Waals surface area contributed by atoms with Crippen molar-refractivity contribution in [2.24, 2.45) is 0 Å². The third-order valence-corrected chi connectivity index (χ3v) is 4.45. The van der Waals surface area contributed by atoms with Gasteiger partial charge < -0.3 is 0 Å². The second-order valence-corrected chi connectivity index (χ2v) is 6.91. The number of aryl methyl sites for hydroxylation is 1. The van der Waals surface area contributed by atoms with Gasteiger partial charge in [-0.05, 0) is 40.7 Å². The minimum absolute atomic E-state index is 0.266. The van der Waals surface area contributed by atoms with Crippen LogP contribution in [0.15, 0.2) is 17.4 Å². The molecule has 1 aromatic heterocycles. The van der Waals surface area contributed by atoms with E-state index in [9.17, 15) is 4.57 Å². The Bertz CT molecular complexity index is 442. The van der Waals surface area contributed by atoms with Gasteiger partial charge in [0.25, 0.3) is 0 Å². The van der Waals surface area contributed by atoms with Crippen LogP contribution in [-0.2, 0) is 17.6 Å². The summed E-state index contributed by atoms with van der Waals surface area (Å²) in [5.41, 5.74) is 0.797. The first-order chi connectivity index (χ1) is 8.81. The van der Waals surface area contributed by atoms with Crippen molar-refractivity contribution in [2.45, 2.75) is 51.9 Å². The van der Waals surface area contributed by atoms with Gasteiger partial charge in [0.2, 0.25) is 0 Å². The van der Waals surface area contributed by atoms with Crippen LogP contribution < -0.4 is 0 Å². The first-order valence-corrected chi connectivity index (χ1v) is 8.13. The van der Waals surface area contributed by atoms with E-state index in [-0.39, 0.29) is 12.2 Å². The van der Waals surface area contributed by atoms with E-state index in [1.165, 1.54) is 6.33 Å². The van der Waals surface area contributed by atoms with Gasteiger partial charge in [-0.2, -0.15) is 0 Å². The van der Waals surface area contributed by atoms with Gasteiger partial charge in [0.15, 0.2) is 0 Å². The average Bonchev–Trinajstić information content (AvgIpc) is 2.24. The molecule has 1 rings (SSSR count). The summed E-state index contributed by atoms with van der Waals surface area (Å²) in [6, 6.07) is 1.72. The van der Waals surface area contributed by atoms with E-state index in [0.717, 1.165) is 17.7 Å². The van der Waals surface area contributed by atoms with E-state index < -0.39 is 7.82 Å². The zero-order chi connectivity index (χ0) is 14.5. The minimum atomic E-state index is -3.61. The van der Waals surface area contributed by atoms with Crippen LogP contribution in [0.4, 0.5) is 0 Å². The van der Waals surface area contributed by atoms with Crippen molar-refractivity contribution in [1.82, 2.24) is 9.97 Å². The molecule has 1 aromatic rings. The Morgan fingerprint density at radius 1 is 1.16 bits per heavy atom. The normalized spacial score (nSPS) is 12.4. The van der Waals surface area contributed by atoms with Crippen molar-refractivity contribution in [3.05, 3.63) is 18.1 Å². The molecule has 0 atom stereocenters. The molecule has 0 N–H and O–H groups in total. The third kappa shape index (κ3) is 6.49. The minimum Gasteiger partial charge on any atom is -0.283 e. The van der Waals surface area contributed by atoms with Gasteiger partial charge in [0.1, 0.15) is 11.4 Å². The lowest BCUT2D eigenvalue weighted by atomic mass is 10.5. The molecule has 0 amide bonds. The van der Waals surface area contributed by atoms with Crippen molar-refractivity contribution < 1.29 is 17.6 Å². The first-order valence-electron chi connectivity index (χ1n) is 5.92. The highest BCUT2D eigenvalue weighted by Gasteiger charge is 2.31. The van der Waals surface area contributed by atoms with Gasteiger partial charge >= 0.3 is 7.82 Å². The maximum atomic E-state index is 12.4. The first kappa shape index (κ1) is 16.6. The third-order valence-electron chi connectivity index (χ3n) is 1.67. The van der Waals surface area contributed by atoms with E-state index >= 15 is 0 Å². The molecule has 0 aliphatic carbocycles. The van der Waals surface area contributed by atoms with Crippen molar-refractivity contribution in [3.8, 4) is 0 Å². The highest BCUT2D eigenvalue weighted by atomic mass is 32.2. The summed E-state index contributed by atoms with van der Waals surface area (Å²) in [7, 11) is -3.61. The van der Waals surface area contributed by atoms with Crippen LogP contribution in [0.5, 0.6) is 0 Å². The van der Waals surface area contributed by atoms with Crippen LogP contribution in [0, 0.1) is 6.92 Å². The molecule has 0 spiro atoms. The molecular weight excluding hydrogens is 287 g/mol. The molecule has 0 bridgehead atoms. The van der Waals surface area contributed by atoms with E-state index in [1.807, 2.05) is 6.92 Å². The fraction of sp³-hybridized carbons (Fsp3) is 0.636. The molecule has 0 aliphatic rings. The summed E-state index contributed by atoms with van der Waals surface area (Å²) in [6.07, 6.45) is 0.882. The predicted molar refractivity (Wildman–Crippen MR) is 73.8 cm³/mol. The molecule has 8 heteroatoms. The summed E-state index contributed by atoms with van der Waals surface area (Å²) in [4.78, 5) is 7.97. The van der Waals surface area contributed by atoms with E-state index in [4.69, 9.17) is 13.0 Å². The van der Waals surface area contributed by atoms with Gasteiger partial charge in [0, 0.05) is 5.69 Å². The molecule has 1 heterocycles. The monoisotopic (exact) mass is 306 g/mol. The summed E-state index contributed by atoms with van der Waals surface area (Å²) >= 11 is 0.861. The Hall–Kier alpha value is -0.460. The summed E-state index contributed by atoms with van der Waals surface area (Å²) in [5.74, 6) is 0. The maximum Gasteiger partial charge on any atom is 0.486 e. The standard InChI is InChI=1S/C11H19N2O4PS/c1-8(2)15-18(14,16-9(3)4)17-19-11-6-10(5)12-7-13-11/h6-9H,1-5H3. The van der Waals surface area contributed by atoms with E-state index in [2.05, 4.69) is 9.97 Å². The second kappa shape index (κ2) is 7.36. The van der Waals surface area contributed by atoms with E-state index in [1.54, 1.807) is 33.8 Å². The van der Waals surface area contributed by atoms with Crippen LogP contribution in [0.3, 0.4) is 0 Å². The van der Waals surface area contributed by atoms with Crippen molar-refractivity contribution >= 4 is 19.9 Å². The van der Waals surface area contributed by atoms with E-state index in [0.29, 0.717) is 5.03 Å². The molecule has 0 unspecified atom stereocenters. The fourth-order valence-corrected chi connectivity index (χ4v) is 3.48. The molecule has 0 aromatic carbocycles. The van der Waals surface area contributed by atoms with Crippen LogP contribution in [0.1, 0.15) is 33.4 Å². The summed E-state index contributed by atoms with van der Waals surface area (Å²) in [5, 5.41) is 0.549. The maximum absolute atomic E-state index is 12.4. The Morgan fingerprint density at radius 3 is 2.21 bits per heavy atom. The van der Waals surface area contributed by atoms with Crippen LogP contribution in [-0.4, -0.2) is 22.2 Å². The topological polar surface area (TPSA) is 70.5 Å². The molecule has 19 heavy (non-hydrogen) atoms. The number of aromatic nitrogens is 2. The number of hydrogen-bond donors (Lipinski definition) is 0. The predicted octanol–water partition coefficient (Wildman–Crippen LogP) is 3.77. The van der Waals surface area contributed by atoms with Crippen LogP contribution in [0.2, 0.25) is 0 Å². The number of phosphoric acid groups is 1. The van der Waals surface area contributed by atoms with Gasteiger partial charge in [-0.1, -0.05) is 0 Å². The lowest BCUT2D eigenvalue weighted by Crippen LogP contribution is -2.08. The quantitative estimate of drug-likeness (QED) is 0.431. The van der Waals surface area contributed by atoms with Crippen molar-refractivity contribution in [1.29, 1.82) is 0 Å². The molecule has 0 saturated carbocycles. The zero-order valence-corrected chi connectivity index (χ0v) is 13.4. The Kier molecular flexibility index (Phi) is 6.42. The smallest absolute Gasteiger partial charge is 0.283 e. The van der Waals surface area contributed by atoms with Gasteiger partial charge in [-0.15, -0.1) is 0 Å². The fourth-order valence-electron chi connectivity index (χ4n) is 1.14. The summed E-state index contributed by atoms with van der Waals surface area (Å²) in [6.45, 7) is 8.89. The average molecular weight is 306 g/mol. The Balaban J connectivity index is 2.70. The SMILES string of the molecule is Cc1cc(SOP(=O)(OC(C)C)OC(C)C)ncn1. The largest absolute Gasteiger partial charge is 0.486 e. The molecular formula is C11H19N2O4PS. The number of hydrogen-bond acceptors (Lipinski definition) is 7. The van der Waals surface area contributed by atoms with Gasteiger partial charge in [0.05, 0.1) is 24.3 Å².